The molecule has 3 aromatic carbocycles. The highest BCUT2D eigenvalue weighted by Crippen LogP contribution is 2.32. The summed E-state index contributed by atoms with van der Waals surface area (Å²) in [7, 11) is 0. The van der Waals surface area contributed by atoms with Crippen LogP contribution in [0.5, 0.6) is 0 Å². The van der Waals surface area contributed by atoms with Crippen molar-refractivity contribution in [2.45, 2.75) is 0 Å². The summed E-state index contributed by atoms with van der Waals surface area (Å²) in [6.07, 6.45) is 1.90. The average molecular weight is 269 g/mol. The molecule has 0 saturated heterocycles. The number of para-hydroxylation sites is 2. The Bertz CT molecular complexity index is 946. The van der Waals surface area contributed by atoms with E-state index in [0.717, 1.165) is 5.56 Å². The van der Waals surface area contributed by atoms with E-state index in [2.05, 4.69) is 77.9 Å². The van der Waals surface area contributed by atoms with Crippen LogP contribution in [0.1, 0.15) is 5.56 Å². The monoisotopic (exact) mass is 269 g/mol. The number of aromatic nitrogens is 1. The van der Waals surface area contributed by atoms with E-state index >= 15 is 0 Å². The number of benzene rings is 3. The van der Waals surface area contributed by atoms with Crippen molar-refractivity contribution >= 4 is 27.9 Å². The molecule has 0 fully saturated rings. The molecular weight excluding hydrogens is 254 g/mol. The van der Waals surface area contributed by atoms with Crippen molar-refractivity contribution in [2.75, 3.05) is 0 Å². The lowest BCUT2D eigenvalue weighted by molar-refractivity contribution is 1.18. The molecule has 0 spiro atoms. The van der Waals surface area contributed by atoms with Gasteiger partial charge < -0.3 is 4.57 Å². The van der Waals surface area contributed by atoms with Gasteiger partial charge in [0.2, 0.25) is 0 Å². The van der Waals surface area contributed by atoms with Gasteiger partial charge in [-0.3, -0.25) is 0 Å². The molecule has 0 saturated carbocycles. The van der Waals surface area contributed by atoms with Crippen LogP contribution >= 0.6 is 0 Å². The Kier molecular flexibility index (Phi) is 2.65. The molecule has 1 nitrogen and oxygen atoms in total. The number of nitrogens with zero attached hydrogens (tertiary/aromatic N) is 1. The average Bonchev–Trinajstić information content (AvgIpc) is 2.89. The summed E-state index contributed by atoms with van der Waals surface area (Å²) in [6, 6.07) is 25.6. The van der Waals surface area contributed by atoms with Crippen LogP contribution in [0.25, 0.3) is 33.6 Å². The summed E-state index contributed by atoms with van der Waals surface area (Å²) >= 11 is 0. The topological polar surface area (TPSA) is 4.93 Å². The van der Waals surface area contributed by atoms with Crippen molar-refractivity contribution in [3.8, 4) is 5.69 Å². The van der Waals surface area contributed by atoms with Crippen molar-refractivity contribution in [1.82, 2.24) is 4.57 Å². The van der Waals surface area contributed by atoms with Crippen molar-refractivity contribution in [3.05, 3.63) is 84.9 Å². The van der Waals surface area contributed by atoms with Crippen molar-refractivity contribution in [1.29, 1.82) is 0 Å². The van der Waals surface area contributed by atoms with Crippen LogP contribution in [0.3, 0.4) is 0 Å². The van der Waals surface area contributed by atoms with E-state index in [1.165, 1.54) is 27.5 Å². The van der Waals surface area contributed by atoms with Crippen LogP contribution in [0, 0.1) is 0 Å². The van der Waals surface area contributed by atoms with Gasteiger partial charge in [0.1, 0.15) is 0 Å². The van der Waals surface area contributed by atoms with Gasteiger partial charge in [0, 0.05) is 16.5 Å². The summed E-state index contributed by atoms with van der Waals surface area (Å²) in [6.45, 7) is 3.88. The Morgan fingerprint density at radius 3 is 2.24 bits per heavy atom. The number of hydrogen-bond donors (Lipinski definition) is 0. The lowest BCUT2D eigenvalue weighted by Gasteiger charge is -2.07. The first-order valence-electron chi connectivity index (χ1n) is 7.09. The lowest BCUT2D eigenvalue weighted by Crippen LogP contribution is -1.92. The smallest absolute Gasteiger partial charge is 0.0541 e. The van der Waals surface area contributed by atoms with Crippen LogP contribution in [0.2, 0.25) is 0 Å². The normalized spacial score (nSPS) is 11.0. The first-order chi connectivity index (χ1) is 10.4. The zero-order valence-corrected chi connectivity index (χ0v) is 11.7. The van der Waals surface area contributed by atoms with Gasteiger partial charge in [0.05, 0.1) is 11.0 Å². The predicted molar refractivity (Wildman–Crippen MR) is 90.9 cm³/mol. The Balaban J connectivity index is 2.20. The number of rotatable bonds is 2. The van der Waals surface area contributed by atoms with Crippen molar-refractivity contribution in [2.24, 2.45) is 0 Å². The van der Waals surface area contributed by atoms with Crippen LogP contribution in [-0.2, 0) is 0 Å². The van der Waals surface area contributed by atoms with Crippen LogP contribution < -0.4 is 0 Å². The Morgan fingerprint density at radius 2 is 1.43 bits per heavy atom. The third-order valence-electron chi connectivity index (χ3n) is 3.95. The van der Waals surface area contributed by atoms with Crippen LogP contribution in [-0.4, -0.2) is 4.57 Å². The highest BCUT2D eigenvalue weighted by Gasteiger charge is 2.11. The SMILES string of the molecule is C=Cc1ccc2c(c1)c1ccccc1n2-c1ccccc1. The van der Waals surface area contributed by atoms with E-state index in [-0.39, 0.29) is 0 Å². The molecule has 0 N–H and O–H groups in total. The number of fused-ring (bicyclic) bond motifs is 3. The molecule has 0 aliphatic carbocycles. The van der Waals surface area contributed by atoms with Gasteiger partial charge in [-0.05, 0) is 35.9 Å². The zero-order chi connectivity index (χ0) is 14.2. The lowest BCUT2D eigenvalue weighted by atomic mass is 10.1. The Hall–Kier alpha value is -2.80. The fraction of sp³-hybridized carbons (Fsp3) is 0. The maximum Gasteiger partial charge on any atom is 0.0541 e. The molecule has 0 atom stereocenters. The number of hydrogen-bond acceptors (Lipinski definition) is 0. The van der Waals surface area contributed by atoms with Gasteiger partial charge in [0.25, 0.3) is 0 Å². The Labute approximate surface area is 123 Å². The first-order valence-corrected chi connectivity index (χ1v) is 7.09. The standard InChI is InChI=1S/C20H15N/c1-2-15-12-13-20-18(14-15)17-10-6-7-11-19(17)21(20)16-8-4-3-5-9-16/h2-14H,1H2. The molecule has 4 rings (SSSR count). The second kappa shape index (κ2) is 4.64. The molecular formula is C20H15N. The van der Waals surface area contributed by atoms with E-state index in [1.54, 1.807) is 0 Å². The maximum atomic E-state index is 3.88. The highest BCUT2D eigenvalue weighted by atomic mass is 15.0. The minimum Gasteiger partial charge on any atom is -0.309 e. The van der Waals surface area contributed by atoms with E-state index in [1.807, 2.05) is 12.1 Å². The van der Waals surface area contributed by atoms with E-state index in [9.17, 15) is 0 Å². The third-order valence-corrected chi connectivity index (χ3v) is 3.95. The van der Waals surface area contributed by atoms with Gasteiger partial charge in [-0.2, -0.15) is 0 Å². The summed E-state index contributed by atoms with van der Waals surface area (Å²) in [5, 5.41) is 2.55. The fourth-order valence-corrected chi connectivity index (χ4v) is 2.97. The first kappa shape index (κ1) is 12.0. The second-order valence-corrected chi connectivity index (χ2v) is 5.17. The van der Waals surface area contributed by atoms with E-state index < -0.39 is 0 Å². The van der Waals surface area contributed by atoms with Crippen LogP contribution in [0.4, 0.5) is 0 Å². The maximum absolute atomic E-state index is 3.88. The second-order valence-electron chi connectivity index (χ2n) is 5.17. The van der Waals surface area contributed by atoms with Gasteiger partial charge in [-0.1, -0.05) is 55.1 Å². The highest BCUT2D eigenvalue weighted by molar-refractivity contribution is 6.09. The molecule has 0 bridgehead atoms. The van der Waals surface area contributed by atoms with Gasteiger partial charge in [-0.25, -0.2) is 0 Å². The third kappa shape index (κ3) is 1.78. The minimum atomic E-state index is 1.15. The molecule has 0 unspecified atom stereocenters. The summed E-state index contributed by atoms with van der Waals surface area (Å²) in [5.41, 5.74) is 4.81. The molecule has 0 aliphatic heterocycles. The largest absolute Gasteiger partial charge is 0.309 e. The van der Waals surface area contributed by atoms with E-state index in [0.29, 0.717) is 0 Å². The van der Waals surface area contributed by atoms with Gasteiger partial charge >= 0.3 is 0 Å². The molecule has 1 aromatic heterocycles. The zero-order valence-electron chi connectivity index (χ0n) is 11.7. The molecule has 0 amide bonds. The molecule has 1 heterocycles. The fourth-order valence-electron chi connectivity index (χ4n) is 2.97. The molecule has 1 heteroatoms. The Morgan fingerprint density at radius 1 is 0.714 bits per heavy atom. The molecule has 4 aromatic rings. The van der Waals surface area contributed by atoms with Crippen molar-refractivity contribution in [3.63, 3.8) is 0 Å². The molecule has 0 radical (unpaired) electrons. The quantitative estimate of drug-likeness (QED) is 0.457. The summed E-state index contributed by atoms with van der Waals surface area (Å²) in [5.74, 6) is 0. The van der Waals surface area contributed by atoms with Crippen molar-refractivity contribution < 1.29 is 0 Å². The molecule has 21 heavy (non-hydrogen) atoms. The minimum absolute atomic E-state index is 1.15. The summed E-state index contributed by atoms with van der Waals surface area (Å²) < 4.78 is 2.32. The van der Waals surface area contributed by atoms with Gasteiger partial charge in [0.15, 0.2) is 0 Å². The summed E-state index contributed by atoms with van der Waals surface area (Å²) in [4.78, 5) is 0. The van der Waals surface area contributed by atoms with Gasteiger partial charge in [-0.15, -0.1) is 0 Å². The molecule has 0 aliphatic rings. The predicted octanol–water partition coefficient (Wildman–Crippen LogP) is 5.43. The molecule has 100 valence electrons. The van der Waals surface area contributed by atoms with E-state index in [4.69, 9.17) is 0 Å². The van der Waals surface area contributed by atoms with Crippen LogP contribution in [0.15, 0.2) is 79.4 Å².